The first-order valence-electron chi connectivity index (χ1n) is 9.12. The molecule has 0 amide bonds. The zero-order chi connectivity index (χ0) is 19.4. The molecule has 0 bridgehead atoms. The van der Waals surface area contributed by atoms with E-state index in [1.54, 1.807) is 13.8 Å². The number of sulfone groups is 1. The average Bonchev–Trinajstić information content (AvgIpc) is 2.55. The maximum Gasteiger partial charge on any atom is 0.194 e. The number of halogens is 1. The second kappa shape index (κ2) is 9.95. The molecule has 1 heterocycles. The molecule has 0 aliphatic carbocycles. The summed E-state index contributed by atoms with van der Waals surface area (Å²) in [5.74, 6) is 1.82. The van der Waals surface area contributed by atoms with E-state index in [9.17, 15) is 8.42 Å². The van der Waals surface area contributed by atoms with E-state index in [1.165, 1.54) is 0 Å². The summed E-state index contributed by atoms with van der Waals surface area (Å²) in [7, 11) is -3.06. The minimum absolute atomic E-state index is 0. The van der Waals surface area contributed by atoms with E-state index in [4.69, 9.17) is 4.74 Å². The Kier molecular flexibility index (Phi) is 8.85. The molecule has 0 unspecified atom stereocenters. The Hall–Kier alpha value is -1.03. The number of aryl methyl sites for hydroxylation is 2. The SMILES string of the molecule is CCNC(=NCCOc1c(C)cccc1C)N1CCS(=O)(=O)C(C)(C)C1.I. The molecule has 1 aliphatic heterocycles. The first kappa shape index (κ1) is 24.0. The fraction of sp³-hybridized carbons (Fsp3) is 0.632. The number of guanidine groups is 1. The van der Waals surface area contributed by atoms with Crippen molar-refractivity contribution in [2.75, 3.05) is 38.5 Å². The van der Waals surface area contributed by atoms with Crippen molar-refractivity contribution in [3.05, 3.63) is 29.3 Å². The molecule has 2 rings (SSSR count). The zero-order valence-corrected chi connectivity index (χ0v) is 20.1. The van der Waals surface area contributed by atoms with Crippen LogP contribution in [0.4, 0.5) is 0 Å². The van der Waals surface area contributed by atoms with Gasteiger partial charge in [0.2, 0.25) is 0 Å². The van der Waals surface area contributed by atoms with Crippen molar-refractivity contribution in [1.82, 2.24) is 10.2 Å². The van der Waals surface area contributed by atoms with Crippen molar-refractivity contribution in [2.24, 2.45) is 4.99 Å². The Morgan fingerprint density at radius 2 is 1.93 bits per heavy atom. The lowest BCUT2D eigenvalue weighted by molar-refractivity contribution is 0.320. The number of hydrogen-bond acceptors (Lipinski definition) is 4. The quantitative estimate of drug-likeness (QED) is 0.286. The summed E-state index contributed by atoms with van der Waals surface area (Å²) in [6.07, 6.45) is 0. The van der Waals surface area contributed by atoms with Crippen molar-refractivity contribution in [2.45, 2.75) is 39.4 Å². The van der Waals surface area contributed by atoms with Gasteiger partial charge in [-0.05, 0) is 45.7 Å². The van der Waals surface area contributed by atoms with Gasteiger partial charge in [-0.1, -0.05) is 18.2 Å². The zero-order valence-electron chi connectivity index (χ0n) is 16.9. The van der Waals surface area contributed by atoms with Gasteiger partial charge < -0.3 is 15.0 Å². The van der Waals surface area contributed by atoms with Crippen LogP contribution in [-0.2, 0) is 9.84 Å². The van der Waals surface area contributed by atoms with Crippen LogP contribution in [0.2, 0.25) is 0 Å². The first-order valence-corrected chi connectivity index (χ1v) is 10.8. The Balaban J connectivity index is 0.00000364. The summed E-state index contributed by atoms with van der Waals surface area (Å²) >= 11 is 0. The molecule has 1 fully saturated rings. The summed E-state index contributed by atoms with van der Waals surface area (Å²) < 4.78 is 29.5. The molecular weight excluding hydrogens is 477 g/mol. The minimum Gasteiger partial charge on any atom is -0.491 e. The third-order valence-electron chi connectivity index (χ3n) is 4.69. The molecule has 0 saturated carbocycles. The standard InChI is InChI=1S/C19H31N3O3S.HI/c1-6-20-18(22-11-13-26(23,24)19(4,5)14-22)21-10-12-25-17-15(2)8-7-9-16(17)3;/h7-9H,6,10-14H2,1-5H3,(H,20,21);1H. The Morgan fingerprint density at radius 1 is 1.30 bits per heavy atom. The van der Waals surface area contributed by atoms with Crippen LogP contribution in [0, 0.1) is 13.8 Å². The molecule has 1 N–H and O–H groups in total. The second-order valence-electron chi connectivity index (χ2n) is 7.31. The smallest absolute Gasteiger partial charge is 0.194 e. The lowest BCUT2D eigenvalue weighted by Crippen LogP contribution is -2.57. The van der Waals surface area contributed by atoms with Gasteiger partial charge in [-0.15, -0.1) is 24.0 Å². The Morgan fingerprint density at radius 3 is 2.48 bits per heavy atom. The summed E-state index contributed by atoms with van der Waals surface area (Å²) in [6.45, 7) is 12.3. The van der Waals surface area contributed by atoms with Crippen LogP contribution in [-0.4, -0.2) is 62.6 Å². The van der Waals surface area contributed by atoms with Crippen molar-refractivity contribution < 1.29 is 13.2 Å². The van der Waals surface area contributed by atoms with Gasteiger partial charge in [-0.3, -0.25) is 0 Å². The van der Waals surface area contributed by atoms with Crippen molar-refractivity contribution in [3.8, 4) is 5.75 Å². The molecule has 0 atom stereocenters. The number of nitrogens with zero attached hydrogens (tertiary/aromatic N) is 2. The van der Waals surface area contributed by atoms with E-state index in [0.717, 1.165) is 29.4 Å². The van der Waals surface area contributed by atoms with Gasteiger partial charge in [-0.2, -0.15) is 0 Å². The number of ether oxygens (including phenoxy) is 1. The van der Waals surface area contributed by atoms with E-state index in [1.807, 2.05) is 43.9 Å². The van der Waals surface area contributed by atoms with E-state index in [2.05, 4.69) is 10.3 Å². The Labute approximate surface area is 180 Å². The molecule has 6 nitrogen and oxygen atoms in total. The second-order valence-corrected chi connectivity index (χ2v) is 10.0. The van der Waals surface area contributed by atoms with Gasteiger partial charge in [0.25, 0.3) is 0 Å². The minimum atomic E-state index is -3.06. The molecule has 0 radical (unpaired) electrons. The maximum absolute atomic E-state index is 12.2. The molecule has 1 saturated heterocycles. The molecule has 1 aliphatic rings. The van der Waals surface area contributed by atoms with Gasteiger partial charge in [0.15, 0.2) is 15.8 Å². The van der Waals surface area contributed by atoms with Crippen LogP contribution in [0.5, 0.6) is 5.75 Å². The highest BCUT2D eigenvalue weighted by Gasteiger charge is 2.40. The van der Waals surface area contributed by atoms with Crippen LogP contribution >= 0.6 is 24.0 Å². The third-order valence-corrected chi connectivity index (χ3v) is 7.22. The topological polar surface area (TPSA) is 71.0 Å². The number of nitrogens with one attached hydrogen (secondary N) is 1. The molecule has 27 heavy (non-hydrogen) atoms. The number of benzene rings is 1. The summed E-state index contributed by atoms with van der Waals surface area (Å²) in [6, 6.07) is 6.09. The molecule has 0 spiro atoms. The molecule has 154 valence electrons. The summed E-state index contributed by atoms with van der Waals surface area (Å²) in [5.41, 5.74) is 2.23. The van der Waals surface area contributed by atoms with Crippen LogP contribution in [0.25, 0.3) is 0 Å². The highest BCUT2D eigenvalue weighted by atomic mass is 127. The Bertz CT molecular complexity index is 743. The predicted octanol–water partition coefficient (Wildman–Crippen LogP) is 2.77. The lowest BCUT2D eigenvalue weighted by Gasteiger charge is -2.39. The van der Waals surface area contributed by atoms with Crippen LogP contribution in [0.1, 0.15) is 31.9 Å². The van der Waals surface area contributed by atoms with Crippen LogP contribution < -0.4 is 10.1 Å². The van der Waals surface area contributed by atoms with Crippen LogP contribution in [0.15, 0.2) is 23.2 Å². The molecule has 1 aromatic carbocycles. The van der Waals surface area contributed by atoms with Gasteiger partial charge in [-0.25, -0.2) is 13.4 Å². The highest BCUT2D eigenvalue weighted by molar-refractivity contribution is 14.0. The summed E-state index contributed by atoms with van der Waals surface area (Å²) in [4.78, 5) is 6.67. The lowest BCUT2D eigenvalue weighted by atomic mass is 10.1. The van der Waals surface area contributed by atoms with E-state index in [0.29, 0.717) is 26.2 Å². The normalized spacial score (nSPS) is 18.6. The number of aliphatic imine (C=N–C) groups is 1. The van der Waals surface area contributed by atoms with E-state index in [-0.39, 0.29) is 29.7 Å². The van der Waals surface area contributed by atoms with Crippen molar-refractivity contribution in [3.63, 3.8) is 0 Å². The first-order chi connectivity index (χ1) is 12.2. The largest absolute Gasteiger partial charge is 0.491 e. The number of para-hydroxylation sites is 1. The monoisotopic (exact) mass is 509 g/mol. The van der Waals surface area contributed by atoms with E-state index < -0.39 is 14.6 Å². The maximum atomic E-state index is 12.2. The van der Waals surface area contributed by atoms with Crippen molar-refractivity contribution in [1.29, 1.82) is 0 Å². The van der Waals surface area contributed by atoms with Gasteiger partial charge in [0.05, 0.1) is 17.0 Å². The molecule has 8 heteroatoms. The molecular formula is C19H32IN3O3S. The van der Waals surface area contributed by atoms with E-state index >= 15 is 0 Å². The van der Waals surface area contributed by atoms with Crippen molar-refractivity contribution >= 4 is 39.8 Å². The predicted molar refractivity (Wildman–Crippen MR) is 122 cm³/mol. The fourth-order valence-electron chi connectivity index (χ4n) is 3.08. The average molecular weight is 509 g/mol. The van der Waals surface area contributed by atoms with Gasteiger partial charge >= 0.3 is 0 Å². The molecule has 0 aromatic heterocycles. The highest BCUT2D eigenvalue weighted by Crippen LogP contribution is 2.24. The number of hydrogen-bond donors (Lipinski definition) is 1. The number of rotatable bonds is 5. The third kappa shape index (κ3) is 5.97. The van der Waals surface area contributed by atoms with Crippen LogP contribution in [0.3, 0.4) is 0 Å². The molecule has 1 aromatic rings. The fourth-order valence-corrected chi connectivity index (χ4v) is 4.44. The summed E-state index contributed by atoms with van der Waals surface area (Å²) in [5, 5.41) is 3.26. The van der Waals surface area contributed by atoms with Gasteiger partial charge in [0, 0.05) is 19.6 Å². The van der Waals surface area contributed by atoms with Gasteiger partial charge in [0.1, 0.15) is 12.4 Å².